The van der Waals surface area contributed by atoms with Gasteiger partial charge >= 0.3 is 11.9 Å². The van der Waals surface area contributed by atoms with Gasteiger partial charge in [0.2, 0.25) is 0 Å². The molecule has 0 aliphatic heterocycles. The minimum Gasteiger partial charge on any atom is -0.508 e. The molecule has 2 aromatic rings. The number of rotatable bonds is 8. The lowest BCUT2D eigenvalue weighted by molar-refractivity contribution is -0.165. The largest absolute Gasteiger partial charge is 0.508 e. The summed E-state index contributed by atoms with van der Waals surface area (Å²) >= 11 is 0. The zero-order valence-corrected chi connectivity index (χ0v) is 13.2. The Hall–Kier alpha value is -3.06. The molecular weight excluding hydrogens is 328 g/mol. The van der Waals surface area contributed by atoms with Gasteiger partial charge in [0.25, 0.3) is 0 Å². The van der Waals surface area contributed by atoms with Crippen LogP contribution in [0.5, 0.6) is 11.5 Å². The van der Waals surface area contributed by atoms with E-state index in [1.165, 1.54) is 24.3 Å². The van der Waals surface area contributed by atoms with Crippen molar-refractivity contribution in [2.24, 2.45) is 0 Å². The summed E-state index contributed by atoms with van der Waals surface area (Å²) in [6.45, 7) is 0. The molecule has 4 N–H and O–H groups in total. The third-order valence-electron chi connectivity index (χ3n) is 3.59. The maximum absolute atomic E-state index is 11.4. The van der Waals surface area contributed by atoms with Crippen LogP contribution in [0.4, 0.5) is 0 Å². The molecule has 2 rings (SSSR count). The Morgan fingerprint density at radius 3 is 1.32 bits per heavy atom. The number of aromatic hydroxyl groups is 2. The van der Waals surface area contributed by atoms with E-state index in [9.17, 15) is 30.0 Å². The van der Waals surface area contributed by atoms with Gasteiger partial charge in [0.05, 0.1) is 0 Å². The lowest BCUT2D eigenvalue weighted by Crippen LogP contribution is -2.36. The van der Waals surface area contributed by atoms with Crippen molar-refractivity contribution in [3.05, 3.63) is 59.7 Å². The Balaban J connectivity index is 2.10. The average Bonchev–Trinajstić information content (AvgIpc) is 2.57. The van der Waals surface area contributed by atoms with Crippen molar-refractivity contribution in [2.75, 3.05) is 0 Å². The summed E-state index contributed by atoms with van der Waals surface area (Å²) in [4.78, 5) is 22.9. The van der Waals surface area contributed by atoms with Crippen LogP contribution in [0.15, 0.2) is 48.5 Å². The predicted molar refractivity (Wildman–Crippen MR) is 87.6 cm³/mol. The summed E-state index contributed by atoms with van der Waals surface area (Å²) in [6.07, 6.45) is -2.75. The normalized spacial score (nSPS) is 13.1. The molecule has 0 radical (unpaired) electrons. The fraction of sp³-hybridized carbons (Fsp3) is 0.222. The number of phenols is 2. The Labute approximate surface area is 143 Å². The average molecular weight is 346 g/mol. The topological polar surface area (TPSA) is 124 Å². The third-order valence-corrected chi connectivity index (χ3v) is 3.59. The lowest BCUT2D eigenvalue weighted by Gasteiger charge is -2.20. The van der Waals surface area contributed by atoms with Crippen molar-refractivity contribution < 1.29 is 34.8 Å². The molecule has 0 aliphatic carbocycles. The third kappa shape index (κ3) is 5.50. The summed E-state index contributed by atoms with van der Waals surface area (Å²) in [7, 11) is 0. The van der Waals surface area contributed by atoms with Crippen LogP contribution in [0.3, 0.4) is 0 Å². The minimum atomic E-state index is -1.34. The summed E-state index contributed by atoms with van der Waals surface area (Å²) in [5, 5.41) is 37.2. The molecule has 0 fully saturated rings. The molecule has 0 aliphatic rings. The van der Waals surface area contributed by atoms with E-state index in [0.717, 1.165) is 0 Å². The number of aliphatic carboxylic acids is 2. The van der Waals surface area contributed by atoms with E-state index in [1.807, 2.05) is 0 Å². The Kier molecular flexibility index (Phi) is 5.97. The molecule has 0 heterocycles. The molecular formula is C18H18O7. The second-order valence-corrected chi connectivity index (χ2v) is 5.53. The first-order valence-electron chi connectivity index (χ1n) is 7.52. The first-order chi connectivity index (χ1) is 11.8. The van der Waals surface area contributed by atoms with Gasteiger partial charge in [-0.1, -0.05) is 24.3 Å². The van der Waals surface area contributed by atoms with E-state index in [-0.39, 0.29) is 24.3 Å². The van der Waals surface area contributed by atoms with Crippen molar-refractivity contribution in [3.8, 4) is 11.5 Å². The van der Waals surface area contributed by atoms with Crippen molar-refractivity contribution in [1.82, 2.24) is 0 Å². The van der Waals surface area contributed by atoms with Crippen molar-refractivity contribution in [3.63, 3.8) is 0 Å². The highest BCUT2D eigenvalue weighted by atomic mass is 16.5. The number of carbonyl (C=O) groups is 2. The van der Waals surface area contributed by atoms with Crippen LogP contribution in [0, 0.1) is 0 Å². The number of benzene rings is 2. The maximum atomic E-state index is 11.4. The molecule has 2 aromatic carbocycles. The number of hydrogen-bond donors (Lipinski definition) is 4. The first-order valence-corrected chi connectivity index (χ1v) is 7.52. The maximum Gasteiger partial charge on any atom is 0.333 e. The van der Waals surface area contributed by atoms with Crippen LogP contribution in [-0.4, -0.2) is 44.6 Å². The second-order valence-electron chi connectivity index (χ2n) is 5.53. The standard InChI is InChI=1S/C18H18O7/c19-13-5-1-11(2-6-13)9-15(17(21)22)25-16(18(23)24)10-12-3-7-14(20)8-4-12/h1-8,15-16,19-20H,9-10H2,(H,21,22)(H,23,24). The van der Waals surface area contributed by atoms with Gasteiger partial charge in [-0.25, -0.2) is 9.59 Å². The predicted octanol–water partition coefficient (Wildman–Crippen LogP) is 1.81. The van der Waals surface area contributed by atoms with Gasteiger partial charge in [-0.2, -0.15) is 0 Å². The van der Waals surface area contributed by atoms with E-state index in [1.54, 1.807) is 24.3 Å². The highest BCUT2D eigenvalue weighted by Gasteiger charge is 2.28. The molecule has 25 heavy (non-hydrogen) atoms. The molecule has 7 heteroatoms. The Morgan fingerprint density at radius 2 is 1.04 bits per heavy atom. The Morgan fingerprint density at radius 1 is 0.720 bits per heavy atom. The van der Waals surface area contributed by atoms with Crippen LogP contribution in [0.1, 0.15) is 11.1 Å². The lowest BCUT2D eigenvalue weighted by atomic mass is 10.1. The van der Waals surface area contributed by atoms with E-state index in [2.05, 4.69) is 0 Å². The van der Waals surface area contributed by atoms with E-state index in [4.69, 9.17) is 4.74 Å². The zero-order chi connectivity index (χ0) is 18.4. The van der Waals surface area contributed by atoms with E-state index in [0.29, 0.717) is 11.1 Å². The monoisotopic (exact) mass is 346 g/mol. The number of carboxylic acid groups (broad SMARTS) is 2. The zero-order valence-electron chi connectivity index (χ0n) is 13.2. The molecule has 0 spiro atoms. The summed E-state index contributed by atoms with van der Waals surface area (Å²) in [5.41, 5.74) is 1.19. The minimum absolute atomic E-state index is 0.0328. The SMILES string of the molecule is O=C(O)C(Cc1ccc(O)cc1)OC(Cc1ccc(O)cc1)C(=O)O. The van der Waals surface area contributed by atoms with Crippen molar-refractivity contribution >= 4 is 11.9 Å². The number of phenolic OH excluding ortho intramolecular Hbond substituents is 2. The fourth-order valence-corrected chi connectivity index (χ4v) is 2.28. The van der Waals surface area contributed by atoms with Gasteiger partial charge in [-0.05, 0) is 35.4 Å². The van der Waals surface area contributed by atoms with Gasteiger partial charge in [-0.15, -0.1) is 0 Å². The summed E-state index contributed by atoms with van der Waals surface area (Å²) in [6, 6.07) is 11.8. The quantitative estimate of drug-likeness (QED) is 0.574. The summed E-state index contributed by atoms with van der Waals surface area (Å²) in [5.74, 6) is -2.45. The fourth-order valence-electron chi connectivity index (χ4n) is 2.28. The van der Waals surface area contributed by atoms with Gasteiger partial charge in [0.1, 0.15) is 11.5 Å². The van der Waals surface area contributed by atoms with E-state index < -0.39 is 24.1 Å². The van der Waals surface area contributed by atoms with Gasteiger partial charge in [0.15, 0.2) is 12.2 Å². The molecule has 7 nitrogen and oxygen atoms in total. The first kappa shape index (κ1) is 18.3. The molecule has 2 unspecified atom stereocenters. The van der Waals surface area contributed by atoms with Crippen molar-refractivity contribution in [2.45, 2.75) is 25.0 Å². The molecule has 0 bridgehead atoms. The van der Waals surface area contributed by atoms with Crippen LogP contribution in [0.2, 0.25) is 0 Å². The number of carboxylic acids is 2. The highest BCUT2D eigenvalue weighted by molar-refractivity contribution is 5.76. The van der Waals surface area contributed by atoms with Gasteiger partial charge < -0.3 is 25.2 Å². The van der Waals surface area contributed by atoms with Crippen LogP contribution < -0.4 is 0 Å². The number of hydrogen-bond acceptors (Lipinski definition) is 5. The van der Waals surface area contributed by atoms with Crippen LogP contribution >= 0.6 is 0 Å². The molecule has 0 aromatic heterocycles. The molecule has 0 saturated carbocycles. The molecule has 0 saturated heterocycles. The van der Waals surface area contributed by atoms with Crippen LogP contribution in [0.25, 0.3) is 0 Å². The number of ether oxygens (including phenoxy) is 1. The molecule has 0 amide bonds. The highest BCUT2D eigenvalue weighted by Crippen LogP contribution is 2.17. The van der Waals surface area contributed by atoms with Gasteiger partial charge in [0, 0.05) is 12.8 Å². The van der Waals surface area contributed by atoms with Crippen LogP contribution in [-0.2, 0) is 27.2 Å². The van der Waals surface area contributed by atoms with E-state index >= 15 is 0 Å². The molecule has 2 atom stereocenters. The smallest absolute Gasteiger partial charge is 0.333 e. The van der Waals surface area contributed by atoms with Gasteiger partial charge in [-0.3, -0.25) is 0 Å². The second kappa shape index (κ2) is 8.16. The summed E-state index contributed by atoms with van der Waals surface area (Å²) < 4.78 is 5.32. The molecule has 132 valence electrons. The Bertz CT molecular complexity index is 659. The van der Waals surface area contributed by atoms with Crippen molar-refractivity contribution in [1.29, 1.82) is 0 Å².